The summed E-state index contributed by atoms with van der Waals surface area (Å²) in [5.74, 6) is -0.321. The number of aliphatic hydroxyl groups excluding tert-OH is 1. The second-order valence-electron chi connectivity index (χ2n) is 5.44. The lowest BCUT2D eigenvalue weighted by atomic mass is 9.88. The van der Waals surface area contributed by atoms with E-state index in [0.29, 0.717) is 24.9 Å². The van der Waals surface area contributed by atoms with Crippen LogP contribution >= 0.6 is 0 Å². The van der Waals surface area contributed by atoms with Crippen molar-refractivity contribution >= 4 is 10.0 Å². The maximum atomic E-state index is 13.2. The fourth-order valence-electron chi connectivity index (χ4n) is 2.52. The van der Waals surface area contributed by atoms with Gasteiger partial charge in [-0.2, -0.15) is 0 Å². The maximum Gasteiger partial charge on any atom is 0.240 e. The Balaban J connectivity index is 2.02. The van der Waals surface area contributed by atoms with Crippen LogP contribution in [0.2, 0.25) is 0 Å². The number of rotatable bonds is 4. The Kier molecular flexibility index (Phi) is 4.78. The zero-order chi connectivity index (χ0) is 14.8. The highest BCUT2D eigenvalue weighted by molar-refractivity contribution is 7.89. The smallest absolute Gasteiger partial charge is 0.240 e. The second-order valence-corrected chi connectivity index (χ2v) is 7.17. The zero-order valence-electron chi connectivity index (χ0n) is 11.5. The average Bonchev–Trinajstić information content (AvgIpc) is 2.41. The second kappa shape index (κ2) is 6.20. The summed E-state index contributed by atoms with van der Waals surface area (Å²) >= 11 is 0. The van der Waals surface area contributed by atoms with E-state index in [1.165, 1.54) is 12.1 Å². The Morgan fingerprint density at radius 2 is 1.95 bits per heavy atom. The summed E-state index contributed by atoms with van der Waals surface area (Å²) in [6.45, 7) is 1.98. The van der Waals surface area contributed by atoms with E-state index in [2.05, 4.69) is 4.72 Å². The van der Waals surface area contributed by atoms with Gasteiger partial charge in [0.15, 0.2) is 0 Å². The van der Waals surface area contributed by atoms with Crippen LogP contribution < -0.4 is 4.72 Å². The van der Waals surface area contributed by atoms with Gasteiger partial charge >= 0.3 is 0 Å². The molecule has 0 atom stereocenters. The fraction of sp³-hybridized carbons (Fsp3) is 0.571. The monoisotopic (exact) mass is 301 g/mol. The normalized spacial score (nSPS) is 23.8. The first-order chi connectivity index (χ1) is 9.38. The largest absolute Gasteiger partial charge is 0.393 e. The van der Waals surface area contributed by atoms with E-state index in [4.69, 9.17) is 0 Å². The molecule has 4 nitrogen and oxygen atoms in total. The van der Waals surface area contributed by atoms with E-state index in [1.54, 1.807) is 6.92 Å². The standard InChI is InChI=1S/C14H20FNO3S/c1-10-2-5-12(15)8-14(10)20(18,19)16-9-11-3-6-13(17)7-4-11/h2,5,8,11,13,16-17H,3-4,6-7,9H2,1H3. The first-order valence-corrected chi connectivity index (χ1v) is 8.30. The molecule has 0 spiro atoms. The van der Waals surface area contributed by atoms with Gasteiger partial charge in [0.1, 0.15) is 5.82 Å². The van der Waals surface area contributed by atoms with Crippen LogP contribution in [0.3, 0.4) is 0 Å². The van der Waals surface area contributed by atoms with Crippen molar-refractivity contribution in [3.8, 4) is 0 Å². The molecule has 1 aromatic carbocycles. The maximum absolute atomic E-state index is 13.2. The van der Waals surface area contributed by atoms with E-state index >= 15 is 0 Å². The number of halogens is 1. The molecule has 1 saturated carbocycles. The minimum Gasteiger partial charge on any atom is -0.393 e. The van der Waals surface area contributed by atoms with Crippen molar-refractivity contribution in [1.82, 2.24) is 4.72 Å². The molecule has 0 heterocycles. The average molecular weight is 301 g/mol. The Bertz CT molecular complexity index is 566. The van der Waals surface area contributed by atoms with Gasteiger partial charge in [-0.15, -0.1) is 0 Å². The third-order valence-corrected chi connectivity index (χ3v) is 5.38. The first kappa shape index (κ1) is 15.4. The van der Waals surface area contributed by atoms with Gasteiger partial charge in [0.25, 0.3) is 0 Å². The summed E-state index contributed by atoms with van der Waals surface area (Å²) in [6, 6.07) is 3.75. The fourth-order valence-corrected chi connectivity index (χ4v) is 3.89. The lowest BCUT2D eigenvalue weighted by Crippen LogP contribution is -2.32. The molecule has 20 heavy (non-hydrogen) atoms. The van der Waals surface area contributed by atoms with Crippen LogP contribution in [0.4, 0.5) is 4.39 Å². The minimum atomic E-state index is -3.68. The van der Waals surface area contributed by atoms with E-state index < -0.39 is 15.8 Å². The zero-order valence-corrected chi connectivity index (χ0v) is 12.3. The molecule has 0 saturated heterocycles. The van der Waals surface area contributed by atoms with Gasteiger partial charge in [-0.1, -0.05) is 6.07 Å². The van der Waals surface area contributed by atoms with Crippen LogP contribution in [0.15, 0.2) is 23.1 Å². The summed E-state index contributed by atoms with van der Waals surface area (Å²) < 4.78 is 40.1. The van der Waals surface area contributed by atoms with Gasteiger partial charge in [0.2, 0.25) is 10.0 Å². The summed E-state index contributed by atoms with van der Waals surface area (Å²) in [6.07, 6.45) is 2.79. The third kappa shape index (κ3) is 3.77. The molecule has 0 aromatic heterocycles. The van der Waals surface area contributed by atoms with Crippen LogP contribution in [0.5, 0.6) is 0 Å². The molecular formula is C14H20FNO3S. The Labute approximate surface area is 119 Å². The van der Waals surface area contributed by atoms with E-state index in [-0.39, 0.29) is 16.9 Å². The number of hydrogen-bond acceptors (Lipinski definition) is 3. The molecule has 2 N–H and O–H groups in total. The van der Waals surface area contributed by atoms with E-state index in [9.17, 15) is 17.9 Å². The van der Waals surface area contributed by atoms with Gasteiger partial charge in [0, 0.05) is 6.54 Å². The number of aryl methyl sites for hydroxylation is 1. The minimum absolute atomic E-state index is 0.00616. The molecule has 0 bridgehead atoms. The highest BCUT2D eigenvalue weighted by Gasteiger charge is 2.23. The van der Waals surface area contributed by atoms with Crippen molar-refractivity contribution in [3.05, 3.63) is 29.6 Å². The predicted octanol–water partition coefficient (Wildman–Crippen LogP) is 1.96. The van der Waals surface area contributed by atoms with E-state index in [1.807, 2.05) is 0 Å². The molecule has 1 aromatic rings. The van der Waals surface area contributed by atoms with Crippen molar-refractivity contribution in [2.75, 3.05) is 6.54 Å². The lowest BCUT2D eigenvalue weighted by Gasteiger charge is -2.25. The van der Waals surface area contributed by atoms with Crippen LogP contribution in [-0.4, -0.2) is 26.2 Å². The van der Waals surface area contributed by atoms with Crippen molar-refractivity contribution in [2.45, 2.75) is 43.6 Å². The Morgan fingerprint density at radius 1 is 1.30 bits per heavy atom. The molecule has 1 aliphatic rings. The molecule has 0 unspecified atom stereocenters. The first-order valence-electron chi connectivity index (χ1n) is 6.82. The summed E-state index contributed by atoms with van der Waals surface area (Å²) in [7, 11) is -3.68. The molecule has 0 aliphatic heterocycles. The predicted molar refractivity (Wildman–Crippen MR) is 74.3 cm³/mol. The van der Waals surface area contributed by atoms with Crippen LogP contribution in [-0.2, 0) is 10.0 Å². The van der Waals surface area contributed by atoms with Crippen LogP contribution in [0.25, 0.3) is 0 Å². The van der Waals surface area contributed by atoms with Crippen LogP contribution in [0, 0.1) is 18.7 Å². The molecule has 112 valence electrons. The van der Waals surface area contributed by atoms with Crippen molar-refractivity contribution in [1.29, 1.82) is 0 Å². The van der Waals surface area contributed by atoms with Gasteiger partial charge in [0.05, 0.1) is 11.0 Å². The summed E-state index contributed by atoms with van der Waals surface area (Å²) in [4.78, 5) is -0.00616. The SMILES string of the molecule is Cc1ccc(F)cc1S(=O)(=O)NCC1CCC(O)CC1. The third-order valence-electron chi connectivity index (χ3n) is 3.82. The molecule has 6 heteroatoms. The number of benzene rings is 1. The quantitative estimate of drug-likeness (QED) is 0.893. The summed E-state index contributed by atoms with van der Waals surface area (Å²) in [5, 5.41) is 9.42. The number of hydrogen-bond donors (Lipinski definition) is 2. The van der Waals surface area contributed by atoms with Gasteiger partial charge in [-0.05, 0) is 56.2 Å². The highest BCUT2D eigenvalue weighted by Crippen LogP contribution is 2.24. The van der Waals surface area contributed by atoms with E-state index in [0.717, 1.165) is 18.9 Å². The van der Waals surface area contributed by atoms with Crippen molar-refractivity contribution < 1.29 is 17.9 Å². The van der Waals surface area contributed by atoms with Crippen molar-refractivity contribution in [2.24, 2.45) is 5.92 Å². The Morgan fingerprint density at radius 3 is 2.60 bits per heavy atom. The number of nitrogens with one attached hydrogen (secondary N) is 1. The van der Waals surface area contributed by atoms with Crippen molar-refractivity contribution in [3.63, 3.8) is 0 Å². The van der Waals surface area contributed by atoms with Crippen LogP contribution in [0.1, 0.15) is 31.2 Å². The molecule has 1 fully saturated rings. The highest BCUT2D eigenvalue weighted by atomic mass is 32.2. The molecule has 0 amide bonds. The topological polar surface area (TPSA) is 66.4 Å². The van der Waals surface area contributed by atoms with Gasteiger partial charge in [-0.25, -0.2) is 17.5 Å². The lowest BCUT2D eigenvalue weighted by molar-refractivity contribution is 0.109. The summed E-state index contributed by atoms with van der Waals surface area (Å²) in [5.41, 5.74) is 0.526. The molecule has 0 radical (unpaired) electrons. The Hall–Kier alpha value is -0.980. The van der Waals surface area contributed by atoms with Gasteiger partial charge in [-0.3, -0.25) is 0 Å². The van der Waals surface area contributed by atoms with Gasteiger partial charge < -0.3 is 5.11 Å². The molecule has 2 rings (SSSR count). The molecular weight excluding hydrogens is 281 g/mol. The number of sulfonamides is 1. The number of aliphatic hydroxyl groups is 1. The molecule has 1 aliphatic carbocycles.